The van der Waals surface area contributed by atoms with E-state index in [-0.39, 0.29) is 0 Å². The summed E-state index contributed by atoms with van der Waals surface area (Å²) in [6.07, 6.45) is 6.27. The lowest BCUT2D eigenvalue weighted by atomic mass is 10.0. The van der Waals surface area contributed by atoms with Crippen molar-refractivity contribution in [2.75, 3.05) is 6.54 Å². The summed E-state index contributed by atoms with van der Waals surface area (Å²) in [6, 6.07) is 4.59. The van der Waals surface area contributed by atoms with Gasteiger partial charge in [0.1, 0.15) is 0 Å². The minimum Gasteiger partial charge on any atom is -0.373 e. The van der Waals surface area contributed by atoms with Crippen LogP contribution in [0.2, 0.25) is 0 Å². The first kappa shape index (κ1) is 14.1. The fraction of sp³-hybridized carbons (Fsp3) is 0.643. The molecule has 2 atom stereocenters. The predicted octanol–water partition coefficient (Wildman–Crippen LogP) is 2.76. The maximum Gasteiger partial charge on any atom is 0.0721 e. The molecule has 0 aliphatic carbocycles. The fourth-order valence-electron chi connectivity index (χ4n) is 1.93. The molecule has 2 unspecified atom stereocenters. The fourth-order valence-corrected chi connectivity index (χ4v) is 1.93. The van der Waals surface area contributed by atoms with Crippen molar-refractivity contribution < 1.29 is 4.74 Å². The first-order valence-electron chi connectivity index (χ1n) is 6.58. The molecule has 1 aliphatic heterocycles. The monoisotopic (exact) mass is 236 g/mol. The van der Waals surface area contributed by atoms with Gasteiger partial charge in [-0.05, 0) is 44.0 Å². The molecule has 17 heavy (non-hydrogen) atoms. The van der Waals surface area contributed by atoms with Crippen LogP contribution in [0.1, 0.15) is 39.2 Å². The van der Waals surface area contributed by atoms with Crippen LogP contribution in [0.5, 0.6) is 0 Å². The third-order valence-corrected chi connectivity index (χ3v) is 2.81. The van der Waals surface area contributed by atoms with Gasteiger partial charge in [0.2, 0.25) is 0 Å². The Hall–Kier alpha value is -0.930. The molecule has 96 valence electrons. The Bertz CT molecular complexity index is 290. The summed E-state index contributed by atoms with van der Waals surface area (Å²) in [5.41, 5.74) is 1.20. The molecule has 1 fully saturated rings. The van der Waals surface area contributed by atoms with Gasteiger partial charge < -0.3 is 10.1 Å². The first-order chi connectivity index (χ1) is 8.34. The van der Waals surface area contributed by atoms with Crippen LogP contribution in [0.4, 0.5) is 0 Å². The second-order valence-corrected chi connectivity index (χ2v) is 4.17. The van der Waals surface area contributed by atoms with Crippen LogP contribution in [0.3, 0.4) is 0 Å². The molecule has 1 saturated heterocycles. The zero-order chi connectivity index (χ0) is 12.5. The summed E-state index contributed by atoms with van der Waals surface area (Å²) in [7, 11) is 0. The van der Waals surface area contributed by atoms with E-state index in [1.54, 1.807) is 0 Å². The smallest absolute Gasteiger partial charge is 0.0721 e. The van der Waals surface area contributed by atoms with Crippen LogP contribution in [0.25, 0.3) is 0 Å². The lowest BCUT2D eigenvalue weighted by molar-refractivity contribution is 0.0126. The van der Waals surface area contributed by atoms with Gasteiger partial charge >= 0.3 is 0 Å². The molecule has 1 aromatic rings. The van der Waals surface area contributed by atoms with Crippen LogP contribution in [0, 0.1) is 0 Å². The van der Waals surface area contributed by atoms with E-state index in [1.807, 2.05) is 38.4 Å². The van der Waals surface area contributed by atoms with Crippen LogP contribution in [-0.4, -0.2) is 23.7 Å². The maximum atomic E-state index is 5.87. The van der Waals surface area contributed by atoms with Crippen molar-refractivity contribution in [3.63, 3.8) is 0 Å². The number of nitrogens with zero attached hydrogens (tertiary/aromatic N) is 1. The molecular formula is C14H24N2O. The standard InChI is InChI=1S/C12H18N2O.C2H6/c1-10-8-12(4-7-14-10)15-9-11-2-5-13-6-3-11;1-2/h2-3,5-6,10,12,14H,4,7-9H2,1H3;1-2H3. The van der Waals surface area contributed by atoms with E-state index in [1.165, 1.54) is 5.56 Å². The number of hydrogen-bond acceptors (Lipinski definition) is 3. The zero-order valence-electron chi connectivity index (χ0n) is 11.1. The summed E-state index contributed by atoms with van der Waals surface area (Å²) in [4.78, 5) is 3.99. The van der Waals surface area contributed by atoms with Crippen molar-refractivity contribution in [2.24, 2.45) is 0 Å². The molecule has 0 saturated carbocycles. The lowest BCUT2D eigenvalue weighted by Crippen LogP contribution is -2.39. The van der Waals surface area contributed by atoms with E-state index in [2.05, 4.69) is 17.2 Å². The van der Waals surface area contributed by atoms with Crippen LogP contribution in [-0.2, 0) is 11.3 Å². The van der Waals surface area contributed by atoms with Crippen LogP contribution < -0.4 is 5.32 Å². The van der Waals surface area contributed by atoms with Gasteiger partial charge in [0.05, 0.1) is 12.7 Å². The molecule has 0 spiro atoms. The maximum absolute atomic E-state index is 5.87. The lowest BCUT2D eigenvalue weighted by Gasteiger charge is -2.28. The van der Waals surface area contributed by atoms with Gasteiger partial charge in [0, 0.05) is 18.4 Å². The Morgan fingerprint density at radius 2 is 2.06 bits per heavy atom. The summed E-state index contributed by atoms with van der Waals surface area (Å²) in [5.74, 6) is 0. The molecule has 1 aromatic heterocycles. The zero-order valence-corrected chi connectivity index (χ0v) is 11.1. The third kappa shape index (κ3) is 5.29. The second kappa shape index (κ2) is 8.20. The Kier molecular flexibility index (Phi) is 6.82. The number of piperidine rings is 1. The van der Waals surface area contributed by atoms with Gasteiger partial charge in [-0.25, -0.2) is 0 Å². The Morgan fingerprint density at radius 1 is 1.35 bits per heavy atom. The molecule has 3 nitrogen and oxygen atoms in total. The first-order valence-corrected chi connectivity index (χ1v) is 6.58. The van der Waals surface area contributed by atoms with E-state index in [0.717, 1.165) is 19.4 Å². The molecule has 1 N–H and O–H groups in total. The molecule has 0 aromatic carbocycles. The highest BCUT2D eigenvalue weighted by Crippen LogP contribution is 2.14. The highest BCUT2D eigenvalue weighted by atomic mass is 16.5. The van der Waals surface area contributed by atoms with E-state index in [9.17, 15) is 0 Å². The molecule has 1 aliphatic rings. The van der Waals surface area contributed by atoms with Crippen molar-refractivity contribution in [2.45, 2.75) is 52.4 Å². The molecular weight excluding hydrogens is 212 g/mol. The molecule has 2 heterocycles. The summed E-state index contributed by atoms with van der Waals surface area (Å²) in [5, 5.41) is 3.42. The quantitative estimate of drug-likeness (QED) is 0.876. The van der Waals surface area contributed by atoms with Gasteiger partial charge in [-0.15, -0.1) is 0 Å². The van der Waals surface area contributed by atoms with Crippen LogP contribution >= 0.6 is 0 Å². The van der Waals surface area contributed by atoms with E-state index in [0.29, 0.717) is 18.8 Å². The highest BCUT2D eigenvalue weighted by molar-refractivity contribution is 5.08. The molecule has 2 rings (SSSR count). The van der Waals surface area contributed by atoms with Crippen molar-refractivity contribution in [3.8, 4) is 0 Å². The van der Waals surface area contributed by atoms with Crippen LogP contribution in [0.15, 0.2) is 24.5 Å². The largest absolute Gasteiger partial charge is 0.373 e. The van der Waals surface area contributed by atoms with Crippen molar-refractivity contribution in [3.05, 3.63) is 30.1 Å². The average molecular weight is 236 g/mol. The van der Waals surface area contributed by atoms with Crippen molar-refractivity contribution >= 4 is 0 Å². The number of hydrogen-bond donors (Lipinski definition) is 1. The van der Waals surface area contributed by atoms with Crippen molar-refractivity contribution in [1.82, 2.24) is 10.3 Å². The Morgan fingerprint density at radius 3 is 2.71 bits per heavy atom. The van der Waals surface area contributed by atoms with E-state index in [4.69, 9.17) is 4.74 Å². The number of aromatic nitrogens is 1. The number of ether oxygens (including phenoxy) is 1. The van der Waals surface area contributed by atoms with Gasteiger partial charge in [0.25, 0.3) is 0 Å². The topological polar surface area (TPSA) is 34.1 Å². The Labute approximate surface area is 105 Å². The average Bonchev–Trinajstić information content (AvgIpc) is 2.40. The number of nitrogens with one attached hydrogen (secondary N) is 1. The minimum atomic E-state index is 0.411. The van der Waals surface area contributed by atoms with E-state index >= 15 is 0 Å². The van der Waals surface area contributed by atoms with Gasteiger partial charge in [-0.1, -0.05) is 13.8 Å². The summed E-state index contributed by atoms with van der Waals surface area (Å²) in [6.45, 7) is 7.99. The van der Waals surface area contributed by atoms with Gasteiger partial charge in [-0.2, -0.15) is 0 Å². The number of rotatable bonds is 3. The molecule has 0 amide bonds. The molecule has 0 bridgehead atoms. The molecule has 0 radical (unpaired) electrons. The Balaban J connectivity index is 0.000000686. The normalized spacial score (nSPS) is 23.7. The summed E-state index contributed by atoms with van der Waals surface area (Å²) < 4.78 is 5.87. The third-order valence-electron chi connectivity index (χ3n) is 2.81. The number of pyridine rings is 1. The predicted molar refractivity (Wildman–Crippen MR) is 70.9 cm³/mol. The highest BCUT2D eigenvalue weighted by Gasteiger charge is 2.18. The minimum absolute atomic E-state index is 0.411. The SMILES string of the molecule is CC.CC1CC(OCc2ccncc2)CCN1. The van der Waals surface area contributed by atoms with Gasteiger partial charge in [-0.3, -0.25) is 4.98 Å². The molecule has 3 heteroatoms. The van der Waals surface area contributed by atoms with Gasteiger partial charge in [0.15, 0.2) is 0 Å². The van der Waals surface area contributed by atoms with Crippen molar-refractivity contribution in [1.29, 1.82) is 0 Å². The van der Waals surface area contributed by atoms with E-state index < -0.39 is 0 Å². The second-order valence-electron chi connectivity index (χ2n) is 4.17. The summed E-state index contributed by atoms with van der Waals surface area (Å²) >= 11 is 0.